The van der Waals surface area contributed by atoms with Gasteiger partial charge in [-0.2, -0.15) is 0 Å². The number of urea groups is 1. The highest BCUT2D eigenvalue weighted by molar-refractivity contribution is 5.73. The summed E-state index contributed by atoms with van der Waals surface area (Å²) < 4.78 is 15.4. The molecule has 0 saturated carbocycles. The summed E-state index contributed by atoms with van der Waals surface area (Å²) >= 11 is 0. The van der Waals surface area contributed by atoms with Crippen LogP contribution in [0.5, 0.6) is 0 Å². The van der Waals surface area contributed by atoms with E-state index in [9.17, 15) is 9.18 Å². The number of carbonyl (C=O) groups is 1. The van der Waals surface area contributed by atoms with E-state index in [1.54, 1.807) is 18.2 Å². The topological polar surface area (TPSA) is 58.4 Å². The molecule has 0 fully saturated rings. The second-order valence-electron chi connectivity index (χ2n) is 5.15. The number of imidazole rings is 1. The first-order chi connectivity index (χ1) is 11.2. The Balaban J connectivity index is 1.45. The zero-order valence-corrected chi connectivity index (χ0v) is 12.5. The Hall–Kier alpha value is -2.89. The largest absolute Gasteiger partial charge is 0.338 e. The van der Waals surface area contributed by atoms with Crippen LogP contribution in [0.1, 0.15) is 11.3 Å². The predicted octanol–water partition coefficient (Wildman–Crippen LogP) is 2.52. The fourth-order valence-corrected chi connectivity index (χ4v) is 2.29. The molecule has 0 atom stereocenters. The number of pyridine rings is 1. The number of nitrogens with zero attached hydrogens (tertiary/aromatic N) is 2. The lowest BCUT2D eigenvalue weighted by Crippen LogP contribution is -2.36. The molecule has 2 amide bonds. The SMILES string of the molecule is O=C(NCCc1cn2ccccc2n1)NCc1ccccc1F. The first-order valence-corrected chi connectivity index (χ1v) is 7.40. The summed E-state index contributed by atoms with van der Waals surface area (Å²) in [5.74, 6) is -0.322. The fraction of sp³-hybridized carbons (Fsp3) is 0.176. The van der Waals surface area contributed by atoms with Gasteiger partial charge in [0, 0.05) is 37.5 Å². The van der Waals surface area contributed by atoms with Gasteiger partial charge in [0.2, 0.25) is 0 Å². The quantitative estimate of drug-likeness (QED) is 0.760. The van der Waals surface area contributed by atoms with Crippen molar-refractivity contribution < 1.29 is 9.18 Å². The van der Waals surface area contributed by atoms with Crippen LogP contribution in [0.15, 0.2) is 54.9 Å². The van der Waals surface area contributed by atoms with Gasteiger partial charge in [-0.15, -0.1) is 0 Å². The third-order valence-electron chi connectivity index (χ3n) is 3.48. The molecule has 0 radical (unpaired) electrons. The van der Waals surface area contributed by atoms with E-state index in [1.165, 1.54) is 6.07 Å². The number of rotatable bonds is 5. The maximum absolute atomic E-state index is 13.4. The lowest BCUT2D eigenvalue weighted by atomic mass is 10.2. The molecule has 3 rings (SSSR count). The molecule has 2 N–H and O–H groups in total. The monoisotopic (exact) mass is 312 g/mol. The second-order valence-corrected chi connectivity index (χ2v) is 5.15. The Bertz CT molecular complexity index is 782. The molecular weight excluding hydrogens is 295 g/mol. The average Bonchev–Trinajstić information content (AvgIpc) is 2.97. The van der Waals surface area contributed by atoms with Gasteiger partial charge in [0.15, 0.2) is 0 Å². The van der Waals surface area contributed by atoms with Crippen molar-refractivity contribution in [3.05, 3.63) is 71.9 Å². The van der Waals surface area contributed by atoms with Gasteiger partial charge in [0.05, 0.1) is 5.69 Å². The summed E-state index contributed by atoms with van der Waals surface area (Å²) in [6.45, 7) is 0.625. The van der Waals surface area contributed by atoms with E-state index in [2.05, 4.69) is 15.6 Å². The highest BCUT2D eigenvalue weighted by Gasteiger charge is 2.05. The van der Waals surface area contributed by atoms with Gasteiger partial charge in [-0.25, -0.2) is 14.2 Å². The minimum atomic E-state index is -0.322. The van der Waals surface area contributed by atoms with Crippen LogP contribution >= 0.6 is 0 Å². The molecule has 5 nitrogen and oxygen atoms in total. The fourth-order valence-electron chi connectivity index (χ4n) is 2.29. The van der Waals surface area contributed by atoms with Crippen molar-refractivity contribution in [2.24, 2.45) is 0 Å². The van der Waals surface area contributed by atoms with Crippen LogP contribution in [0.25, 0.3) is 5.65 Å². The van der Waals surface area contributed by atoms with E-state index in [4.69, 9.17) is 0 Å². The summed E-state index contributed by atoms with van der Waals surface area (Å²) in [7, 11) is 0. The molecule has 0 saturated heterocycles. The van der Waals surface area contributed by atoms with Gasteiger partial charge < -0.3 is 15.0 Å². The normalized spacial score (nSPS) is 10.7. The van der Waals surface area contributed by atoms with Crippen LogP contribution in [0.2, 0.25) is 0 Å². The Labute approximate surface area is 133 Å². The van der Waals surface area contributed by atoms with Crippen molar-refractivity contribution in [2.75, 3.05) is 6.54 Å². The van der Waals surface area contributed by atoms with Gasteiger partial charge in [-0.1, -0.05) is 24.3 Å². The maximum Gasteiger partial charge on any atom is 0.315 e. The van der Waals surface area contributed by atoms with Crippen LogP contribution in [0.4, 0.5) is 9.18 Å². The molecule has 118 valence electrons. The van der Waals surface area contributed by atoms with Crippen molar-refractivity contribution in [3.63, 3.8) is 0 Å². The van der Waals surface area contributed by atoms with Crippen molar-refractivity contribution in [1.82, 2.24) is 20.0 Å². The summed E-state index contributed by atoms with van der Waals surface area (Å²) in [6.07, 6.45) is 4.50. The molecule has 23 heavy (non-hydrogen) atoms. The third-order valence-corrected chi connectivity index (χ3v) is 3.48. The van der Waals surface area contributed by atoms with Crippen LogP contribution in [-0.2, 0) is 13.0 Å². The molecule has 0 aliphatic heterocycles. The minimum Gasteiger partial charge on any atom is -0.338 e. The van der Waals surface area contributed by atoms with E-state index < -0.39 is 0 Å². The molecule has 0 aliphatic carbocycles. The first kappa shape index (κ1) is 15.0. The Morgan fingerprint density at radius 2 is 1.96 bits per heavy atom. The van der Waals surface area contributed by atoms with E-state index in [0.717, 1.165) is 11.3 Å². The number of fused-ring (bicyclic) bond motifs is 1. The van der Waals surface area contributed by atoms with E-state index >= 15 is 0 Å². The second kappa shape index (κ2) is 6.91. The summed E-state index contributed by atoms with van der Waals surface area (Å²) in [5.41, 5.74) is 2.25. The number of hydrogen-bond donors (Lipinski definition) is 2. The van der Waals surface area contributed by atoms with E-state index in [-0.39, 0.29) is 18.4 Å². The number of aromatic nitrogens is 2. The summed E-state index contributed by atoms with van der Waals surface area (Å²) in [4.78, 5) is 16.2. The highest BCUT2D eigenvalue weighted by atomic mass is 19.1. The molecule has 1 aromatic carbocycles. The summed E-state index contributed by atoms with van der Waals surface area (Å²) in [6, 6.07) is 11.8. The molecule has 2 heterocycles. The Kier molecular flexibility index (Phi) is 4.52. The van der Waals surface area contributed by atoms with Gasteiger partial charge in [-0.05, 0) is 18.2 Å². The van der Waals surface area contributed by atoms with E-state index in [1.807, 2.05) is 35.0 Å². The Morgan fingerprint density at radius 1 is 1.13 bits per heavy atom. The lowest BCUT2D eigenvalue weighted by Gasteiger charge is -2.07. The number of halogens is 1. The summed E-state index contributed by atoms with van der Waals surface area (Å²) in [5, 5.41) is 5.38. The third kappa shape index (κ3) is 3.85. The molecule has 6 heteroatoms. The number of carbonyl (C=O) groups excluding carboxylic acids is 1. The molecule has 0 aliphatic rings. The van der Waals surface area contributed by atoms with Gasteiger partial charge in [-0.3, -0.25) is 0 Å². The number of hydrogen-bond acceptors (Lipinski definition) is 2. The molecule has 0 unspecified atom stereocenters. The van der Waals surface area contributed by atoms with Crippen molar-refractivity contribution in [2.45, 2.75) is 13.0 Å². The van der Waals surface area contributed by atoms with Crippen molar-refractivity contribution >= 4 is 11.7 Å². The van der Waals surface area contributed by atoms with Crippen LogP contribution in [-0.4, -0.2) is 22.0 Å². The standard InChI is InChI=1S/C17H17FN4O/c18-15-6-2-1-5-13(15)11-20-17(23)19-9-8-14-12-22-10-4-3-7-16(22)21-14/h1-7,10,12H,8-9,11H2,(H2,19,20,23). The van der Waals surface area contributed by atoms with Crippen LogP contribution in [0.3, 0.4) is 0 Å². The highest BCUT2D eigenvalue weighted by Crippen LogP contribution is 2.06. The predicted molar refractivity (Wildman–Crippen MR) is 85.5 cm³/mol. The zero-order chi connectivity index (χ0) is 16.1. The zero-order valence-electron chi connectivity index (χ0n) is 12.5. The van der Waals surface area contributed by atoms with Crippen molar-refractivity contribution in [1.29, 1.82) is 0 Å². The average molecular weight is 312 g/mol. The molecular formula is C17H17FN4O. The molecule has 3 aromatic rings. The molecule has 0 spiro atoms. The minimum absolute atomic E-state index is 0.160. The van der Waals surface area contributed by atoms with Gasteiger partial charge in [0.1, 0.15) is 11.5 Å². The lowest BCUT2D eigenvalue weighted by molar-refractivity contribution is 0.240. The number of amides is 2. The number of benzene rings is 1. The van der Waals surface area contributed by atoms with Gasteiger partial charge in [0.25, 0.3) is 0 Å². The van der Waals surface area contributed by atoms with E-state index in [0.29, 0.717) is 18.5 Å². The number of nitrogens with one attached hydrogen (secondary N) is 2. The first-order valence-electron chi connectivity index (χ1n) is 7.40. The Morgan fingerprint density at radius 3 is 2.78 bits per heavy atom. The van der Waals surface area contributed by atoms with Crippen LogP contribution in [0, 0.1) is 5.82 Å². The van der Waals surface area contributed by atoms with Crippen molar-refractivity contribution in [3.8, 4) is 0 Å². The maximum atomic E-state index is 13.4. The van der Waals surface area contributed by atoms with Gasteiger partial charge >= 0.3 is 6.03 Å². The smallest absolute Gasteiger partial charge is 0.315 e. The molecule has 2 aromatic heterocycles. The van der Waals surface area contributed by atoms with Crippen LogP contribution < -0.4 is 10.6 Å². The molecule has 0 bridgehead atoms.